The highest BCUT2D eigenvalue weighted by atomic mass is 15.3. The lowest BCUT2D eigenvalue weighted by Crippen LogP contribution is -2.47. The maximum Gasteiger partial charge on any atom is 0.227 e. The van der Waals surface area contributed by atoms with Crippen LogP contribution in [0.25, 0.3) is 0 Å². The fourth-order valence-corrected chi connectivity index (χ4v) is 3.35. The summed E-state index contributed by atoms with van der Waals surface area (Å²) in [6.07, 6.45) is 6.07. The van der Waals surface area contributed by atoms with E-state index < -0.39 is 0 Å². The van der Waals surface area contributed by atoms with E-state index in [0.29, 0.717) is 0 Å². The second-order valence-corrected chi connectivity index (χ2v) is 6.38. The minimum atomic E-state index is 0.814. The van der Waals surface area contributed by atoms with Crippen LogP contribution >= 0.6 is 0 Å². The molecule has 2 aliphatic rings. The highest BCUT2D eigenvalue weighted by Gasteiger charge is 2.22. The van der Waals surface area contributed by atoms with E-state index in [2.05, 4.69) is 42.6 Å². The summed E-state index contributed by atoms with van der Waals surface area (Å²) < 4.78 is 0. The molecule has 126 valence electrons. The smallest absolute Gasteiger partial charge is 0.227 e. The summed E-state index contributed by atoms with van der Waals surface area (Å²) in [6, 6.07) is 3.94. The molecule has 0 unspecified atom stereocenters. The molecule has 24 heavy (non-hydrogen) atoms. The fraction of sp³-hybridized carbons (Fsp3) is 0.529. The number of nitrogens with zero attached hydrogens (tertiary/aromatic N) is 7. The van der Waals surface area contributed by atoms with Crippen LogP contribution in [0.5, 0.6) is 0 Å². The predicted octanol–water partition coefficient (Wildman–Crippen LogP) is 1.50. The molecule has 7 nitrogen and oxygen atoms in total. The summed E-state index contributed by atoms with van der Waals surface area (Å²) in [5.41, 5.74) is 1.04. The summed E-state index contributed by atoms with van der Waals surface area (Å²) in [6.45, 7) is 7.86. The molecule has 0 amide bonds. The molecule has 0 bridgehead atoms. The summed E-state index contributed by atoms with van der Waals surface area (Å²) in [4.78, 5) is 25.0. The lowest BCUT2D eigenvalue weighted by atomic mass is 10.3. The maximum atomic E-state index is 4.83. The van der Waals surface area contributed by atoms with Crippen LogP contribution < -0.4 is 14.7 Å². The van der Waals surface area contributed by atoms with Crippen molar-refractivity contribution < 1.29 is 0 Å². The molecule has 7 heteroatoms. The van der Waals surface area contributed by atoms with Gasteiger partial charge in [-0.25, -0.2) is 15.0 Å². The van der Waals surface area contributed by atoms with Crippen molar-refractivity contribution in [3.05, 3.63) is 30.2 Å². The Morgan fingerprint density at radius 1 is 0.750 bits per heavy atom. The monoisotopic (exact) mass is 325 g/mol. The lowest BCUT2D eigenvalue weighted by molar-refractivity contribution is 0.633. The van der Waals surface area contributed by atoms with Crippen molar-refractivity contribution in [2.75, 3.05) is 54.0 Å². The molecule has 0 aliphatic carbocycles. The third kappa shape index (κ3) is 3.11. The fourth-order valence-electron chi connectivity index (χ4n) is 3.35. The average Bonchev–Trinajstić information content (AvgIpc) is 3.17. The Bertz CT molecular complexity index is 677. The number of rotatable bonds is 3. The summed E-state index contributed by atoms with van der Waals surface area (Å²) in [7, 11) is 0. The average molecular weight is 325 g/mol. The molecular formula is C17H23N7. The summed E-state index contributed by atoms with van der Waals surface area (Å²) in [5, 5.41) is 0. The molecule has 2 aliphatic heterocycles. The Hall–Kier alpha value is -2.44. The van der Waals surface area contributed by atoms with Gasteiger partial charge in [0.05, 0.1) is 0 Å². The van der Waals surface area contributed by atoms with Crippen LogP contribution in [0.4, 0.5) is 17.7 Å². The summed E-state index contributed by atoms with van der Waals surface area (Å²) in [5.74, 6) is 2.74. The van der Waals surface area contributed by atoms with Gasteiger partial charge in [0, 0.05) is 63.4 Å². The van der Waals surface area contributed by atoms with E-state index in [1.54, 1.807) is 12.4 Å². The van der Waals surface area contributed by atoms with E-state index in [9.17, 15) is 0 Å². The van der Waals surface area contributed by atoms with Gasteiger partial charge < -0.3 is 14.7 Å². The van der Waals surface area contributed by atoms with Crippen LogP contribution in [-0.2, 0) is 0 Å². The van der Waals surface area contributed by atoms with E-state index in [-0.39, 0.29) is 0 Å². The molecule has 0 spiro atoms. The van der Waals surface area contributed by atoms with Gasteiger partial charge in [-0.1, -0.05) is 0 Å². The highest BCUT2D eigenvalue weighted by Crippen LogP contribution is 2.22. The zero-order chi connectivity index (χ0) is 16.4. The van der Waals surface area contributed by atoms with Gasteiger partial charge in [0.1, 0.15) is 5.82 Å². The van der Waals surface area contributed by atoms with Crippen molar-refractivity contribution in [3.8, 4) is 0 Å². The molecule has 0 aromatic carbocycles. The Labute approximate surface area is 142 Å². The van der Waals surface area contributed by atoms with Gasteiger partial charge in [-0.05, 0) is 25.8 Å². The molecule has 0 N–H and O–H groups in total. The Morgan fingerprint density at radius 2 is 1.38 bits per heavy atom. The van der Waals surface area contributed by atoms with E-state index in [4.69, 9.17) is 4.98 Å². The largest absolute Gasteiger partial charge is 0.353 e. The first-order valence-electron chi connectivity index (χ1n) is 8.67. The molecule has 2 fully saturated rings. The minimum Gasteiger partial charge on any atom is -0.353 e. The van der Waals surface area contributed by atoms with Crippen LogP contribution in [0.2, 0.25) is 0 Å². The molecule has 2 aromatic rings. The van der Waals surface area contributed by atoms with E-state index >= 15 is 0 Å². The van der Waals surface area contributed by atoms with Gasteiger partial charge in [0.25, 0.3) is 0 Å². The zero-order valence-electron chi connectivity index (χ0n) is 14.1. The van der Waals surface area contributed by atoms with Gasteiger partial charge in [-0.2, -0.15) is 4.98 Å². The van der Waals surface area contributed by atoms with Crippen molar-refractivity contribution >= 4 is 17.7 Å². The summed E-state index contributed by atoms with van der Waals surface area (Å²) >= 11 is 0. The third-order valence-corrected chi connectivity index (χ3v) is 4.66. The SMILES string of the molecule is Cc1cc(N2CCN(c3ncccn3)CC2)nc(N2CCCC2)n1. The van der Waals surface area contributed by atoms with Crippen LogP contribution in [0, 0.1) is 6.92 Å². The van der Waals surface area contributed by atoms with E-state index in [1.807, 2.05) is 6.07 Å². The van der Waals surface area contributed by atoms with Crippen LogP contribution in [-0.4, -0.2) is 59.2 Å². The quantitative estimate of drug-likeness (QED) is 0.847. The number of hydrogen-bond acceptors (Lipinski definition) is 7. The third-order valence-electron chi connectivity index (χ3n) is 4.66. The van der Waals surface area contributed by atoms with Crippen LogP contribution in [0.1, 0.15) is 18.5 Å². The Kier molecular flexibility index (Phi) is 4.15. The van der Waals surface area contributed by atoms with Gasteiger partial charge in [-0.3, -0.25) is 0 Å². The molecule has 4 rings (SSSR count). The van der Waals surface area contributed by atoms with Crippen LogP contribution in [0.15, 0.2) is 24.5 Å². The first-order valence-corrected chi connectivity index (χ1v) is 8.67. The van der Waals surface area contributed by atoms with Crippen molar-refractivity contribution in [2.24, 2.45) is 0 Å². The van der Waals surface area contributed by atoms with Crippen molar-refractivity contribution in [1.29, 1.82) is 0 Å². The zero-order valence-corrected chi connectivity index (χ0v) is 14.1. The van der Waals surface area contributed by atoms with Crippen molar-refractivity contribution in [3.63, 3.8) is 0 Å². The molecule has 0 atom stereocenters. The van der Waals surface area contributed by atoms with Gasteiger partial charge in [0.15, 0.2) is 0 Å². The Morgan fingerprint density at radius 3 is 2.08 bits per heavy atom. The van der Waals surface area contributed by atoms with Crippen molar-refractivity contribution in [2.45, 2.75) is 19.8 Å². The van der Waals surface area contributed by atoms with Crippen molar-refractivity contribution in [1.82, 2.24) is 19.9 Å². The molecule has 0 radical (unpaired) electrons. The molecule has 2 aromatic heterocycles. The number of hydrogen-bond donors (Lipinski definition) is 0. The number of piperazine rings is 1. The number of aryl methyl sites for hydroxylation is 1. The minimum absolute atomic E-state index is 0.814. The van der Waals surface area contributed by atoms with E-state index in [0.717, 1.165) is 62.7 Å². The maximum absolute atomic E-state index is 4.83. The van der Waals surface area contributed by atoms with Gasteiger partial charge >= 0.3 is 0 Å². The molecule has 0 saturated carbocycles. The second-order valence-electron chi connectivity index (χ2n) is 6.38. The number of anilines is 3. The molecule has 4 heterocycles. The standard InChI is InChI=1S/C17H23N7/c1-14-13-15(21-17(20-14)23-7-2-3-8-23)22-9-11-24(12-10-22)16-18-5-4-6-19-16/h4-6,13H,2-3,7-12H2,1H3. The van der Waals surface area contributed by atoms with E-state index in [1.165, 1.54) is 12.8 Å². The first-order chi connectivity index (χ1) is 11.8. The van der Waals surface area contributed by atoms with Gasteiger partial charge in [-0.15, -0.1) is 0 Å². The normalized spacial score (nSPS) is 18.3. The highest BCUT2D eigenvalue weighted by molar-refractivity contribution is 5.48. The molecular weight excluding hydrogens is 302 g/mol. The lowest BCUT2D eigenvalue weighted by Gasteiger charge is -2.35. The Balaban J connectivity index is 1.47. The second kappa shape index (κ2) is 6.59. The molecule has 2 saturated heterocycles. The van der Waals surface area contributed by atoms with Crippen LogP contribution in [0.3, 0.4) is 0 Å². The van der Waals surface area contributed by atoms with Gasteiger partial charge in [0.2, 0.25) is 11.9 Å². The predicted molar refractivity (Wildman–Crippen MR) is 94.7 cm³/mol. The topological polar surface area (TPSA) is 61.3 Å². The number of aromatic nitrogens is 4. The first kappa shape index (κ1) is 15.1.